The molecular formula is C13H11N5O5S. The van der Waals surface area contributed by atoms with Gasteiger partial charge in [0.05, 0.1) is 22.6 Å². The number of rotatable bonds is 5. The van der Waals surface area contributed by atoms with Crippen LogP contribution in [0.25, 0.3) is 11.0 Å². The highest BCUT2D eigenvalue weighted by molar-refractivity contribution is 7.92. The number of nitro groups is 1. The van der Waals surface area contributed by atoms with Crippen LogP contribution in [-0.4, -0.2) is 35.9 Å². The monoisotopic (exact) mass is 349 g/mol. The van der Waals surface area contributed by atoms with Gasteiger partial charge in [0.1, 0.15) is 11.0 Å². The Kier molecular flexibility index (Phi) is 3.77. The number of nitro benzene ring substituents is 1. The van der Waals surface area contributed by atoms with Crippen LogP contribution in [0, 0.1) is 10.1 Å². The number of ether oxygens (including phenoxy) is 1. The Morgan fingerprint density at radius 3 is 2.62 bits per heavy atom. The van der Waals surface area contributed by atoms with E-state index < -0.39 is 20.6 Å². The van der Waals surface area contributed by atoms with Crippen LogP contribution in [0.3, 0.4) is 0 Å². The quantitative estimate of drug-likeness (QED) is 0.527. The molecule has 2 aromatic carbocycles. The van der Waals surface area contributed by atoms with Gasteiger partial charge in [0, 0.05) is 6.07 Å². The molecule has 11 heteroatoms. The Balaban J connectivity index is 1.97. The molecule has 0 saturated heterocycles. The van der Waals surface area contributed by atoms with Crippen molar-refractivity contribution in [2.24, 2.45) is 0 Å². The molecule has 0 unspecified atom stereocenters. The highest BCUT2D eigenvalue weighted by atomic mass is 32.2. The van der Waals surface area contributed by atoms with Crippen molar-refractivity contribution in [1.82, 2.24) is 15.4 Å². The van der Waals surface area contributed by atoms with E-state index >= 15 is 0 Å². The minimum absolute atomic E-state index is 0.0250. The van der Waals surface area contributed by atoms with Gasteiger partial charge < -0.3 is 4.74 Å². The van der Waals surface area contributed by atoms with E-state index in [0.29, 0.717) is 11.0 Å². The summed E-state index contributed by atoms with van der Waals surface area (Å²) in [5.41, 5.74) is 0.885. The summed E-state index contributed by atoms with van der Waals surface area (Å²) < 4.78 is 32.1. The molecule has 0 aliphatic rings. The Bertz CT molecular complexity index is 1030. The topological polar surface area (TPSA) is 140 Å². The molecule has 1 heterocycles. The van der Waals surface area contributed by atoms with Gasteiger partial charge in [0.25, 0.3) is 10.0 Å². The number of fused-ring (bicyclic) bond motifs is 1. The van der Waals surface area contributed by atoms with Gasteiger partial charge in [0.2, 0.25) is 0 Å². The van der Waals surface area contributed by atoms with Crippen LogP contribution in [0.1, 0.15) is 0 Å². The average Bonchev–Trinajstić information content (AvgIpc) is 3.01. The Morgan fingerprint density at radius 1 is 1.17 bits per heavy atom. The molecule has 10 nitrogen and oxygen atoms in total. The van der Waals surface area contributed by atoms with Crippen LogP contribution in [0.5, 0.6) is 5.75 Å². The van der Waals surface area contributed by atoms with E-state index in [0.717, 1.165) is 6.07 Å². The third-order valence-electron chi connectivity index (χ3n) is 3.23. The van der Waals surface area contributed by atoms with Crippen LogP contribution in [0.15, 0.2) is 41.3 Å². The number of hydrogen-bond acceptors (Lipinski definition) is 7. The van der Waals surface area contributed by atoms with Crippen molar-refractivity contribution in [2.75, 3.05) is 11.8 Å². The number of sulfonamides is 1. The van der Waals surface area contributed by atoms with Gasteiger partial charge in [0.15, 0.2) is 5.75 Å². The molecular weight excluding hydrogens is 338 g/mol. The summed E-state index contributed by atoms with van der Waals surface area (Å²) in [6.45, 7) is 0. The zero-order valence-electron chi connectivity index (χ0n) is 12.3. The molecule has 0 amide bonds. The molecule has 0 atom stereocenters. The average molecular weight is 349 g/mol. The van der Waals surface area contributed by atoms with Gasteiger partial charge in [-0.05, 0) is 30.3 Å². The van der Waals surface area contributed by atoms with E-state index in [1.54, 1.807) is 6.07 Å². The zero-order valence-corrected chi connectivity index (χ0v) is 13.1. The molecule has 3 aromatic rings. The first-order valence-electron chi connectivity index (χ1n) is 6.56. The molecule has 0 aliphatic carbocycles. The summed E-state index contributed by atoms with van der Waals surface area (Å²) in [4.78, 5) is 10.1. The molecule has 2 N–H and O–H groups in total. The number of H-pyrrole nitrogens is 1. The number of benzene rings is 2. The first kappa shape index (κ1) is 15.7. The SMILES string of the molecule is COc1ccc(S(=O)(=O)Nc2ccc3n[nH]nc3c2)cc1[N+](=O)[O-]. The predicted octanol–water partition coefficient (Wildman–Crippen LogP) is 1.68. The van der Waals surface area contributed by atoms with E-state index in [2.05, 4.69) is 20.1 Å². The largest absolute Gasteiger partial charge is 0.490 e. The predicted molar refractivity (Wildman–Crippen MR) is 84.3 cm³/mol. The fourth-order valence-electron chi connectivity index (χ4n) is 2.10. The fourth-order valence-corrected chi connectivity index (χ4v) is 3.17. The normalized spacial score (nSPS) is 11.4. The number of aromatic nitrogens is 3. The van der Waals surface area contributed by atoms with E-state index in [4.69, 9.17) is 4.74 Å². The Labute approximate surface area is 135 Å². The van der Waals surface area contributed by atoms with Crippen LogP contribution in [0.4, 0.5) is 11.4 Å². The third kappa shape index (κ3) is 2.84. The molecule has 0 spiro atoms. The number of aromatic amines is 1. The molecule has 0 fully saturated rings. The van der Waals surface area contributed by atoms with E-state index in [1.165, 1.54) is 31.4 Å². The van der Waals surface area contributed by atoms with Crippen molar-refractivity contribution in [2.45, 2.75) is 4.90 Å². The molecule has 3 rings (SSSR count). The van der Waals surface area contributed by atoms with Gasteiger partial charge >= 0.3 is 5.69 Å². The number of anilines is 1. The summed E-state index contributed by atoms with van der Waals surface area (Å²) in [6.07, 6.45) is 0. The van der Waals surface area contributed by atoms with Crippen molar-refractivity contribution in [3.8, 4) is 5.75 Å². The van der Waals surface area contributed by atoms with Crippen molar-refractivity contribution in [1.29, 1.82) is 0 Å². The van der Waals surface area contributed by atoms with E-state index in [1.807, 2.05) is 0 Å². The number of nitrogens with zero attached hydrogens (tertiary/aromatic N) is 3. The van der Waals surface area contributed by atoms with Gasteiger partial charge in [-0.1, -0.05) is 0 Å². The molecule has 0 saturated carbocycles. The maximum absolute atomic E-state index is 12.4. The molecule has 24 heavy (non-hydrogen) atoms. The maximum Gasteiger partial charge on any atom is 0.312 e. The highest BCUT2D eigenvalue weighted by Gasteiger charge is 2.22. The van der Waals surface area contributed by atoms with Crippen molar-refractivity contribution < 1.29 is 18.1 Å². The second-order valence-corrected chi connectivity index (χ2v) is 6.41. The summed E-state index contributed by atoms with van der Waals surface area (Å²) in [5.74, 6) is -0.0250. The molecule has 124 valence electrons. The maximum atomic E-state index is 12.4. The smallest absolute Gasteiger partial charge is 0.312 e. The lowest BCUT2D eigenvalue weighted by atomic mass is 10.3. The fraction of sp³-hybridized carbons (Fsp3) is 0.0769. The van der Waals surface area contributed by atoms with Gasteiger partial charge in [-0.25, -0.2) is 8.42 Å². The lowest BCUT2D eigenvalue weighted by Crippen LogP contribution is -2.13. The molecule has 0 bridgehead atoms. The first-order valence-corrected chi connectivity index (χ1v) is 8.05. The minimum Gasteiger partial charge on any atom is -0.490 e. The number of nitrogens with one attached hydrogen (secondary N) is 2. The Hall–Kier alpha value is -3.21. The summed E-state index contributed by atoms with van der Waals surface area (Å²) >= 11 is 0. The van der Waals surface area contributed by atoms with Gasteiger partial charge in [-0.15, -0.1) is 0 Å². The number of hydrogen-bond donors (Lipinski definition) is 2. The highest BCUT2D eigenvalue weighted by Crippen LogP contribution is 2.30. The first-order chi connectivity index (χ1) is 11.4. The molecule has 1 aromatic heterocycles. The van der Waals surface area contributed by atoms with Crippen LogP contribution in [-0.2, 0) is 10.0 Å². The van der Waals surface area contributed by atoms with E-state index in [9.17, 15) is 18.5 Å². The lowest BCUT2D eigenvalue weighted by molar-refractivity contribution is -0.386. The van der Waals surface area contributed by atoms with Crippen molar-refractivity contribution in [3.05, 3.63) is 46.5 Å². The van der Waals surface area contributed by atoms with Crippen LogP contribution < -0.4 is 9.46 Å². The van der Waals surface area contributed by atoms with Gasteiger partial charge in [-0.2, -0.15) is 15.4 Å². The summed E-state index contributed by atoms with van der Waals surface area (Å²) in [6, 6.07) is 7.99. The zero-order chi connectivity index (χ0) is 17.3. The third-order valence-corrected chi connectivity index (χ3v) is 4.60. The van der Waals surface area contributed by atoms with Crippen LogP contribution in [0.2, 0.25) is 0 Å². The summed E-state index contributed by atoms with van der Waals surface area (Å²) in [5, 5.41) is 21.2. The summed E-state index contributed by atoms with van der Waals surface area (Å²) in [7, 11) is -2.75. The second kappa shape index (κ2) is 5.77. The van der Waals surface area contributed by atoms with Crippen molar-refractivity contribution >= 4 is 32.4 Å². The van der Waals surface area contributed by atoms with Crippen LogP contribution >= 0.6 is 0 Å². The minimum atomic E-state index is -4.01. The second-order valence-electron chi connectivity index (χ2n) is 4.72. The molecule has 0 aliphatic heterocycles. The standard InChI is InChI=1S/C13H11N5O5S/c1-23-13-5-3-9(7-12(13)18(19)20)24(21,22)16-8-2-4-10-11(6-8)15-17-14-10/h2-7,16H,1H3,(H,14,15,17). The molecule has 0 radical (unpaired) electrons. The van der Waals surface area contributed by atoms with E-state index in [-0.39, 0.29) is 16.3 Å². The van der Waals surface area contributed by atoms with Crippen molar-refractivity contribution in [3.63, 3.8) is 0 Å². The number of methoxy groups -OCH3 is 1. The van der Waals surface area contributed by atoms with Gasteiger partial charge in [-0.3, -0.25) is 14.8 Å². The lowest BCUT2D eigenvalue weighted by Gasteiger charge is -2.09. The Morgan fingerprint density at radius 2 is 1.92 bits per heavy atom.